The monoisotopic (exact) mass is 396 g/mol. The molecule has 0 aliphatic rings. The molecule has 144 valence electrons. The number of hydrogen-bond donors (Lipinski definition) is 2. The van der Waals surface area contributed by atoms with Crippen LogP contribution in [0.2, 0.25) is 0 Å². The number of nitrogens with zero attached hydrogens (tertiary/aromatic N) is 2. The van der Waals surface area contributed by atoms with Gasteiger partial charge in [0, 0.05) is 5.56 Å². The van der Waals surface area contributed by atoms with Crippen molar-refractivity contribution in [3.8, 4) is 0 Å². The minimum atomic E-state index is -0.382. The molecule has 1 heterocycles. The molecule has 0 atom stereocenters. The molecule has 0 spiro atoms. The van der Waals surface area contributed by atoms with Crippen molar-refractivity contribution in [3.05, 3.63) is 76.7 Å². The summed E-state index contributed by atoms with van der Waals surface area (Å²) in [5.41, 5.74) is 8.71. The summed E-state index contributed by atoms with van der Waals surface area (Å²) < 4.78 is 5.58. The van der Waals surface area contributed by atoms with Gasteiger partial charge in [0.1, 0.15) is 0 Å². The summed E-state index contributed by atoms with van der Waals surface area (Å²) in [7, 11) is 0. The number of hydrazine groups is 1. The van der Waals surface area contributed by atoms with Crippen molar-refractivity contribution in [2.75, 3.05) is 5.75 Å². The first-order valence-electron chi connectivity index (χ1n) is 8.67. The Morgan fingerprint density at radius 2 is 1.79 bits per heavy atom. The first-order chi connectivity index (χ1) is 13.5. The third-order valence-corrected chi connectivity index (χ3v) is 4.87. The van der Waals surface area contributed by atoms with Gasteiger partial charge in [0.25, 0.3) is 11.1 Å². The zero-order valence-electron chi connectivity index (χ0n) is 15.6. The van der Waals surface area contributed by atoms with Gasteiger partial charge in [-0.05, 0) is 42.7 Å². The molecular weight excluding hydrogens is 376 g/mol. The lowest BCUT2D eigenvalue weighted by Crippen LogP contribution is -2.42. The van der Waals surface area contributed by atoms with Crippen LogP contribution < -0.4 is 10.9 Å². The Morgan fingerprint density at radius 1 is 1.00 bits per heavy atom. The quantitative estimate of drug-likeness (QED) is 0.491. The predicted octanol–water partition coefficient (Wildman–Crippen LogP) is 2.83. The minimum Gasteiger partial charge on any atom is -0.416 e. The number of carbonyl (C=O) groups is 2. The predicted molar refractivity (Wildman–Crippen MR) is 106 cm³/mol. The maximum Gasteiger partial charge on any atom is 0.277 e. The molecule has 0 aliphatic heterocycles. The van der Waals surface area contributed by atoms with Crippen LogP contribution in [-0.4, -0.2) is 27.8 Å². The number of thioether (sulfide) groups is 1. The van der Waals surface area contributed by atoms with Gasteiger partial charge in [-0.3, -0.25) is 20.4 Å². The Labute approximate surface area is 166 Å². The minimum absolute atomic E-state index is 0.0420. The molecular formula is C20H20N4O3S. The zero-order chi connectivity index (χ0) is 19.9. The molecule has 8 heteroatoms. The summed E-state index contributed by atoms with van der Waals surface area (Å²) in [6, 6.07) is 14.8. The average Bonchev–Trinajstić information content (AvgIpc) is 3.15. The van der Waals surface area contributed by atoms with Gasteiger partial charge in [-0.25, -0.2) is 0 Å². The van der Waals surface area contributed by atoms with E-state index in [-0.39, 0.29) is 17.6 Å². The number of aryl methyl sites for hydroxylation is 2. The smallest absolute Gasteiger partial charge is 0.277 e. The van der Waals surface area contributed by atoms with E-state index < -0.39 is 0 Å². The van der Waals surface area contributed by atoms with E-state index in [2.05, 4.69) is 47.0 Å². The molecule has 2 N–H and O–H groups in total. The summed E-state index contributed by atoms with van der Waals surface area (Å²) in [6.45, 7) is 4.12. The highest BCUT2D eigenvalue weighted by Gasteiger charge is 2.12. The standard InChI is InChI=1S/C20H20N4O3S/c1-13-8-9-15(10-14(13)2)11-18-22-24-20(27-18)28-12-17(25)21-23-19(26)16-6-4-3-5-7-16/h3-10H,11-12H2,1-2H3,(H,21,25)(H,23,26). The number of aromatic nitrogens is 2. The molecule has 0 unspecified atom stereocenters. The number of carbonyl (C=O) groups excluding carboxylic acids is 2. The van der Waals surface area contributed by atoms with Crippen LogP contribution in [0, 0.1) is 13.8 Å². The largest absolute Gasteiger partial charge is 0.416 e. The molecule has 0 aliphatic carbocycles. The van der Waals surface area contributed by atoms with E-state index in [4.69, 9.17) is 4.42 Å². The molecule has 0 radical (unpaired) electrons. The first-order valence-corrected chi connectivity index (χ1v) is 9.65. The van der Waals surface area contributed by atoms with Crippen molar-refractivity contribution in [2.45, 2.75) is 25.5 Å². The molecule has 3 aromatic rings. The molecule has 0 saturated carbocycles. The molecule has 0 bridgehead atoms. The Bertz CT molecular complexity index is 973. The van der Waals surface area contributed by atoms with Gasteiger partial charge in [-0.1, -0.05) is 48.2 Å². The molecule has 1 aromatic heterocycles. The van der Waals surface area contributed by atoms with Crippen LogP contribution in [0.15, 0.2) is 58.2 Å². The molecule has 0 saturated heterocycles. The molecule has 7 nitrogen and oxygen atoms in total. The summed E-state index contributed by atoms with van der Waals surface area (Å²) in [6.07, 6.45) is 0.536. The Hall–Kier alpha value is -3.13. The van der Waals surface area contributed by atoms with Crippen molar-refractivity contribution in [3.63, 3.8) is 0 Å². The molecule has 2 amide bonds. The van der Waals surface area contributed by atoms with E-state index in [9.17, 15) is 9.59 Å². The van der Waals surface area contributed by atoms with Crippen LogP contribution in [0.25, 0.3) is 0 Å². The number of hydrogen-bond acceptors (Lipinski definition) is 6. The maximum atomic E-state index is 11.9. The van der Waals surface area contributed by atoms with E-state index in [0.717, 1.165) is 17.3 Å². The van der Waals surface area contributed by atoms with Crippen molar-refractivity contribution < 1.29 is 14.0 Å². The van der Waals surface area contributed by atoms with Gasteiger partial charge in [0.05, 0.1) is 12.2 Å². The third-order valence-electron chi connectivity index (χ3n) is 4.05. The maximum absolute atomic E-state index is 11.9. The summed E-state index contributed by atoms with van der Waals surface area (Å²) >= 11 is 1.11. The Kier molecular flexibility index (Phi) is 6.44. The van der Waals surface area contributed by atoms with Crippen molar-refractivity contribution in [1.29, 1.82) is 0 Å². The summed E-state index contributed by atoms with van der Waals surface area (Å²) in [5.74, 6) is -0.223. The summed E-state index contributed by atoms with van der Waals surface area (Å²) in [4.78, 5) is 23.8. The number of amides is 2. The van der Waals surface area contributed by atoms with E-state index >= 15 is 0 Å². The van der Waals surface area contributed by atoms with Crippen LogP contribution in [-0.2, 0) is 11.2 Å². The second kappa shape index (κ2) is 9.18. The van der Waals surface area contributed by atoms with Crippen molar-refractivity contribution in [1.82, 2.24) is 21.0 Å². The van der Waals surface area contributed by atoms with Gasteiger partial charge in [-0.15, -0.1) is 10.2 Å². The number of benzene rings is 2. The zero-order valence-corrected chi connectivity index (χ0v) is 16.4. The Balaban J connectivity index is 1.45. The molecule has 3 rings (SSSR count). The van der Waals surface area contributed by atoms with Crippen LogP contribution >= 0.6 is 11.8 Å². The molecule has 0 fully saturated rings. The fourth-order valence-electron chi connectivity index (χ4n) is 2.41. The van der Waals surface area contributed by atoms with Gasteiger partial charge in [0.15, 0.2) is 0 Å². The molecule has 2 aromatic carbocycles. The Morgan fingerprint density at radius 3 is 2.54 bits per heavy atom. The van der Waals surface area contributed by atoms with E-state index in [0.29, 0.717) is 23.1 Å². The van der Waals surface area contributed by atoms with E-state index in [1.807, 2.05) is 12.1 Å². The van der Waals surface area contributed by atoms with E-state index in [1.165, 1.54) is 11.1 Å². The van der Waals surface area contributed by atoms with Gasteiger partial charge < -0.3 is 4.42 Å². The van der Waals surface area contributed by atoms with Crippen molar-refractivity contribution in [2.24, 2.45) is 0 Å². The number of rotatable bonds is 6. The highest BCUT2D eigenvalue weighted by molar-refractivity contribution is 7.99. The fourth-order valence-corrected chi connectivity index (χ4v) is 2.99. The second-order valence-corrected chi connectivity index (χ2v) is 7.14. The van der Waals surface area contributed by atoms with Crippen molar-refractivity contribution >= 4 is 23.6 Å². The van der Waals surface area contributed by atoms with Gasteiger partial charge in [0.2, 0.25) is 11.8 Å². The van der Waals surface area contributed by atoms with Gasteiger partial charge in [-0.2, -0.15) is 0 Å². The molecule has 28 heavy (non-hydrogen) atoms. The highest BCUT2D eigenvalue weighted by atomic mass is 32.2. The summed E-state index contributed by atoms with van der Waals surface area (Å²) in [5, 5.41) is 8.27. The van der Waals surface area contributed by atoms with Crippen LogP contribution in [0.5, 0.6) is 0 Å². The lowest BCUT2D eigenvalue weighted by atomic mass is 10.0. The number of nitrogens with one attached hydrogen (secondary N) is 2. The fraction of sp³-hybridized carbons (Fsp3) is 0.200. The third kappa shape index (κ3) is 5.43. The lowest BCUT2D eigenvalue weighted by Gasteiger charge is -2.06. The van der Waals surface area contributed by atoms with Crippen LogP contribution in [0.3, 0.4) is 0 Å². The normalized spacial score (nSPS) is 10.5. The van der Waals surface area contributed by atoms with Gasteiger partial charge >= 0.3 is 0 Å². The van der Waals surface area contributed by atoms with E-state index in [1.54, 1.807) is 24.3 Å². The first kappa shape index (κ1) is 19.6. The van der Waals surface area contributed by atoms with Crippen LogP contribution in [0.4, 0.5) is 0 Å². The SMILES string of the molecule is Cc1ccc(Cc2nnc(SCC(=O)NNC(=O)c3ccccc3)o2)cc1C. The average molecular weight is 396 g/mol. The van der Waals surface area contributed by atoms with Crippen LogP contribution in [0.1, 0.15) is 32.9 Å². The second-order valence-electron chi connectivity index (χ2n) is 6.21. The lowest BCUT2D eigenvalue weighted by molar-refractivity contribution is -0.119. The highest BCUT2D eigenvalue weighted by Crippen LogP contribution is 2.18. The topological polar surface area (TPSA) is 97.1 Å².